The zero-order chi connectivity index (χ0) is 17.2. The fourth-order valence-electron chi connectivity index (χ4n) is 3.29. The maximum absolute atomic E-state index is 6.14. The van der Waals surface area contributed by atoms with E-state index in [4.69, 9.17) is 32.7 Å². The van der Waals surface area contributed by atoms with E-state index in [1.165, 1.54) is 5.56 Å². The Balaban J connectivity index is 1.36. The number of ether oxygens (including phenoxy) is 2. The smallest absolute Gasteiger partial charge is 0.161 e. The molecular weight excluding hydrogens is 359 g/mol. The first kappa shape index (κ1) is 16.8. The van der Waals surface area contributed by atoms with Gasteiger partial charge in [-0.15, -0.1) is 0 Å². The predicted octanol–water partition coefficient (Wildman–Crippen LogP) is 4.09. The van der Waals surface area contributed by atoms with Gasteiger partial charge in [-0.05, 0) is 35.9 Å². The molecule has 0 N–H and O–H groups in total. The van der Waals surface area contributed by atoms with E-state index in [2.05, 4.69) is 21.9 Å². The highest BCUT2D eigenvalue weighted by Crippen LogP contribution is 2.31. The molecule has 4 nitrogen and oxygen atoms in total. The van der Waals surface area contributed by atoms with Gasteiger partial charge in [-0.25, -0.2) is 0 Å². The molecule has 2 aromatic carbocycles. The quantitative estimate of drug-likeness (QED) is 0.802. The third-order valence-electron chi connectivity index (χ3n) is 4.65. The van der Waals surface area contributed by atoms with Crippen molar-refractivity contribution in [3.8, 4) is 11.5 Å². The summed E-state index contributed by atoms with van der Waals surface area (Å²) in [4.78, 5) is 4.81. The van der Waals surface area contributed by atoms with Gasteiger partial charge in [0, 0.05) is 38.4 Å². The molecule has 0 spiro atoms. The van der Waals surface area contributed by atoms with Crippen LogP contribution in [-0.4, -0.2) is 44.3 Å². The Labute approximate surface area is 157 Å². The van der Waals surface area contributed by atoms with Gasteiger partial charge in [0.1, 0.15) is 13.2 Å². The second kappa shape index (κ2) is 7.32. The van der Waals surface area contributed by atoms with Crippen molar-refractivity contribution in [1.29, 1.82) is 0 Å². The van der Waals surface area contributed by atoms with Crippen LogP contribution in [0.5, 0.6) is 11.5 Å². The molecule has 0 amide bonds. The molecule has 0 unspecified atom stereocenters. The van der Waals surface area contributed by atoms with Gasteiger partial charge in [-0.3, -0.25) is 4.90 Å². The molecule has 1 fully saturated rings. The predicted molar refractivity (Wildman–Crippen MR) is 101 cm³/mol. The van der Waals surface area contributed by atoms with Gasteiger partial charge in [0.05, 0.1) is 10.0 Å². The van der Waals surface area contributed by atoms with Gasteiger partial charge in [0.25, 0.3) is 0 Å². The molecule has 2 aromatic rings. The lowest BCUT2D eigenvalue weighted by molar-refractivity contribution is 0.171. The summed E-state index contributed by atoms with van der Waals surface area (Å²) in [6.45, 7) is 6.14. The third-order valence-corrected chi connectivity index (χ3v) is 5.39. The van der Waals surface area contributed by atoms with Crippen LogP contribution in [0.1, 0.15) is 5.56 Å². The van der Waals surface area contributed by atoms with E-state index in [-0.39, 0.29) is 0 Å². The fraction of sp³-hybridized carbons (Fsp3) is 0.368. The summed E-state index contributed by atoms with van der Waals surface area (Å²) in [7, 11) is 0. The Bertz CT molecular complexity index is 761. The van der Waals surface area contributed by atoms with Crippen molar-refractivity contribution < 1.29 is 9.47 Å². The maximum Gasteiger partial charge on any atom is 0.161 e. The van der Waals surface area contributed by atoms with Crippen LogP contribution in [0.4, 0.5) is 5.69 Å². The van der Waals surface area contributed by atoms with Crippen LogP contribution in [0.2, 0.25) is 10.0 Å². The van der Waals surface area contributed by atoms with E-state index < -0.39 is 0 Å². The Hall–Kier alpha value is -1.62. The summed E-state index contributed by atoms with van der Waals surface area (Å²) in [5.74, 6) is 1.71. The molecule has 1 saturated heterocycles. The molecule has 4 rings (SSSR count). The van der Waals surface area contributed by atoms with Crippen molar-refractivity contribution in [3.05, 3.63) is 52.0 Å². The number of nitrogens with zero attached hydrogens (tertiary/aromatic N) is 2. The standard InChI is InChI=1S/C19H20Cl2N2O2/c20-16-3-2-15(12-17(16)21)23-7-5-22(6-8-23)13-14-1-4-18-19(11-14)25-10-9-24-18/h1-4,11-12H,5-10,13H2. The Morgan fingerprint density at radius 2 is 1.56 bits per heavy atom. The van der Waals surface area contributed by atoms with E-state index in [1.807, 2.05) is 24.3 Å². The maximum atomic E-state index is 6.14. The first-order chi connectivity index (χ1) is 12.2. The molecule has 0 atom stereocenters. The van der Waals surface area contributed by atoms with Crippen LogP contribution in [-0.2, 0) is 6.54 Å². The van der Waals surface area contributed by atoms with E-state index in [1.54, 1.807) is 0 Å². The van der Waals surface area contributed by atoms with Crippen LogP contribution in [0.25, 0.3) is 0 Å². The summed E-state index contributed by atoms with van der Waals surface area (Å²) in [6, 6.07) is 12.1. The number of rotatable bonds is 3. The molecule has 0 bridgehead atoms. The van der Waals surface area contributed by atoms with Gasteiger partial charge in [-0.2, -0.15) is 0 Å². The van der Waals surface area contributed by atoms with Crippen molar-refractivity contribution in [1.82, 2.24) is 4.90 Å². The molecule has 25 heavy (non-hydrogen) atoms. The van der Waals surface area contributed by atoms with Gasteiger partial charge in [-0.1, -0.05) is 29.3 Å². The lowest BCUT2D eigenvalue weighted by Crippen LogP contribution is -2.45. The number of fused-ring (bicyclic) bond motifs is 1. The van der Waals surface area contributed by atoms with E-state index in [0.717, 1.165) is 49.9 Å². The zero-order valence-electron chi connectivity index (χ0n) is 13.9. The molecule has 2 aliphatic heterocycles. The number of halogens is 2. The van der Waals surface area contributed by atoms with Crippen LogP contribution < -0.4 is 14.4 Å². The Morgan fingerprint density at radius 3 is 2.32 bits per heavy atom. The van der Waals surface area contributed by atoms with Gasteiger partial charge in [0.15, 0.2) is 11.5 Å². The molecule has 2 aliphatic rings. The molecule has 0 radical (unpaired) electrons. The zero-order valence-corrected chi connectivity index (χ0v) is 15.4. The molecule has 0 aliphatic carbocycles. The number of hydrogen-bond acceptors (Lipinski definition) is 4. The average molecular weight is 379 g/mol. The number of hydrogen-bond donors (Lipinski definition) is 0. The monoisotopic (exact) mass is 378 g/mol. The van der Waals surface area contributed by atoms with E-state index >= 15 is 0 Å². The number of anilines is 1. The van der Waals surface area contributed by atoms with Crippen molar-refractivity contribution >= 4 is 28.9 Å². The molecule has 0 aromatic heterocycles. The van der Waals surface area contributed by atoms with Crippen molar-refractivity contribution in [2.45, 2.75) is 6.54 Å². The lowest BCUT2D eigenvalue weighted by Gasteiger charge is -2.36. The van der Waals surface area contributed by atoms with Crippen molar-refractivity contribution in [2.75, 3.05) is 44.3 Å². The van der Waals surface area contributed by atoms with Crippen LogP contribution in [0.3, 0.4) is 0 Å². The van der Waals surface area contributed by atoms with Gasteiger partial charge in [0.2, 0.25) is 0 Å². The summed E-state index contributed by atoms with van der Waals surface area (Å²) >= 11 is 12.1. The molecule has 0 saturated carbocycles. The Kier molecular flexibility index (Phi) is 4.93. The summed E-state index contributed by atoms with van der Waals surface area (Å²) < 4.78 is 11.3. The first-order valence-corrected chi connectivity index (χ1v) is 9.25. The molecular formula is C19H20Cl2N2O2. The SMILES string of the molecule is Clc1ccc(N2CCN(Cc3ccc4c(c3)OCCO4)CC2)cc1Cl. The van der Waals surface area contributed by atoms with Crippen molar-refractivity contribution in [2.24, 2.45) is 0 Å². The topological polar surface area (TPSA) is 24.9 Å². The molecule has 2 heterocycles. The lowest BCUT2D eigenvalue weighted by atomic mass is 10.1. The molecule has 132 valence electrons. The minimum atomic E-state index is 0.600. The van der Waals surface area contributed by atoms with E-state index in [9.17, 15) is 0 Å². The number of piperazine rings is 1. The van der Waals surface area contributed by atoms with Crippen molar-refractivity contribution in [3.63, 3.8) is 0 Å². The second-order valence-electron chi connectivity index (χ2n) is 6.34. The summed E-state index contributed by atoms with van der Waals surface area (Å²) in [5, 5.41) is 1.21. The summed E-state index contributed by atoms with van der Waals surface area (Å²) in [6.07, 6.45) is 0. The first-order valence-electron chi connectivity index (χ1n) is 8.50. The third kappa shape index (κ3) is 3.81. The average Bonchev–Trinajstić information content (AvgIpc) is 2.65. The van der Waals surface area contributed by atoms with Crippen LogP contribution >= 0.6 is 23.2 Å². The highest BCUT2D eigenvalue weighted by atomic mass is 35.5. The molecule has 6 heteroatoms. The van der Waals surface area contributed by atoms with Gasteiger partial charge < -0.3 is 14.4 Å². The Morgan fingerprint density at radius 1 is 0.800 bits per heavy atom. The normalized spacial score (nSPS) is 17.6. The van der Waals surface area contributed by atoms with Crippen LogP contribution in [0.15, 0.2) is 36.4 Å². The fourth-order valence-corrected chi connectivity index (χ4v) is 3.58. The summed E-state index contributed by atoms with van der Waals surface area (Å²) in [5.41, 5.74) is 2.39. The van der Waals surface area contributed by atoms with E-state index in [0.29, 0.717) is 23.3 Å². The van der Waals surface area contributed by atoms with Gasteiger partial charge >= 0.3 is 0 Å². The second-order valence-corrected chi connectivity index (χ2v) is 7.15. The largest absolute Gasteiger partial charge is 0.486 e. The highest BCUT2D eigenvalue weighted by molar-refractivity contribution is 6.42. The highest BCUT2D eigenvalue weighted by Gasteiger charge is 2.19. The minimum absolute atomic E-state index is 0.600. The minimum Gasteiger partial charge on any atom is -0.486 e. The van der Waals surface area contributed by atoms with Crippen LogP contribution in [0, 0.1) is 0 Å². The number of benzene rings is 2.